The highest BCUT2D eigenvalue weighted by Gasteiger charge is 2.29. The van der Waals surface area contributed by atoms with E-state index in [1.165, 1.54) is 0 Å². The zero-order chi connectivity index (χ0) is 17.1. The predicted octanol–water partition coefficient (Wildman–Crippen LogP) is 3.26. The molecule has 0 amide bonds. The summed E-state index contributed by atoms with van der Waals surface area (Å²) in [6.45, 7) is 0. The van der Waals surface area contributed by atoms with E-state index < -0.39 is 57.0 Å². The van der Waals surface area contributed by atoms with Crippen LogP contribution in [0.25, 0.3) is 5.83 Å². The minimum absolute atomic E-state index is 2.28. The third-order valence-electron chi connectivity index (χ3n) is 1.60. The molecule has 1 aromatic carbocycles. The first-order valence-electron chi connectivity index (χ1n) is 4.21. The van der Waals surface area contributed by atoms with Crippen molar-refractivity contribution >= 4 is 16.2 Å². The van der Waals surface area contributed by atoms with Gasteiger partial charge in [-0.05, 0) is 0 Å². The largest absolute Gasteiger partial charge is 0.394 e. The van der Waals surface area contributed by atoms with Crippen molar-refractivity contribution < 1.29 is 52.6 Å². The Morgan fingerprint density at radius 1 is 0.714 bits per heavy atom. The van der Waals surface area contributed by atoms with E-state index in [-0.39, 0.29) is 0 Å². The Morgan fingerprint density at radius 2 is 0.952 bits per heavy atom. The van der Waals surface area contributed by atoms with Gasteiger partial charge in [-0.3, -0.25) is 9.11 Å². The average Bonchev–Trinajstić information content (AvgIpc) is 2.32. The molecule has 0 aliphatic heterocycles. The van der Waals surface area contributed by atoms with E-state index in [4.69, 9.17) is 17.5 Å². The first-order chi connectivity index (χ1) is 9.29. The van der Waals surface area contributed by atoms with Crippen molar-refractivity contribution in [2.75, 3.05) is 0 Å². The second kappa shape index (κ2) is 6.82. The van der Waals surface area contributed by atoms with Gasteiger partial charge in [0.1, 0.15) is 0 Å². The molecule has 21 heavy (non-hydrogen) atoms. The third kappa shape index (κ3) is 5.28. The number of hydrogen-bond donors (Lipinski definition) is 2. The topological polar surface area (TPSA) is 74.6 Å². The van der Waals surface area contributed by atoms with Gasteiger partial charge in [0.2, 0.25) is 11.6 Å². The Bertz CT molecular complexity index is 643. The normalized spacial score (nSPS) is 10.8. The Balaban J connectivity index is 0.000000690. The van der Waals surface area contributed by atoms with Gasteiger partial charge < -0.3 is 0 Å². The van der Waals surface area contributed by atoms with Crippen LogP contribution in [0, 0.1) is 29.1 Å². The molecule has 2 N–H and O–H groups in total. The quantitative estimate of drug-likeness (QED) is 0.354. The molecule has 0 aliphatic rings. The van der Waals surface area contributed by atoms with Crippen molar-refractivity contribution in [2.45, 2.75) is 0 Å². The van der Waals surface area contributed by atoms with Crippen LogP contribution in [0.2, 0.25) is 0 Å². The van der Waals surface area contributed by atoms with Crippen LogP contribution in [-0.4, -0.2) is 17.5 Å². The number of rotatable bonds is 1. The number of halogens is 8. The van der Waals surface area contributed by atoms with Gasteiger partial charge in [0.15, 0.2) is 23.3 Å². The molecule has 0 aromatic heterocycles. The van der Waals surface area contributed by atoms with E-state index in [1.807, 2.05) is 0 Å². The van der Waals surface area contributed by atoms with E-state index in [0.29, 0.717) is 0 Å². The number of hydrogen-bond acceptors (Lipinski definition) is 2. The molecule has 0 unspecified atom stereocenters. The van der Waals surface area contributed by atoms with Crippen LogP contribution in [0.5, 0.6) is 0 Å². The molecule has 0 fully saturated rings. The van der Waals surface area contributed by atoms with Crippen LogP contribution < -0.4 is 0 Å². The fraction of sp³-hybridized carbons (Fsp3) is 0. The van der Waals surface area contributed by atoms with Crippen molar-refractivity contribution in [3.8, 4) is 0 Å². The van der Waals surface area contributed by atoms with E-state index in [1.54, 1.807) is 0 Å². The van der Waals surface area contributed by atoms with Crippen LogP contribution in [0.15, 0.2) is 6.08 Å². The summed E-state index contributed by atoms with van der Waals surface area (Å²) in [5, 5.41) is 0. The molecule has 13 heteroatoms. The molecule has 120 valence electrons. The van der Waals surface area contributed by atoms with Gasteiger partial charge in [-0.1, -0.05) is 0 Å². The minimum Gasteiger partial charge on any atom is -0.264 e. The molecule has 1 aromatic rings. The molecular weight excluding hydrogens is 344 g/mol. The lowest BCUT2D eigenvalue weighted by Gasteiger charge is -2.05. The SMILES string of the molecule is FC(F)=C(F)c1c(F)c(F)c(F)c(F)c1F.O=S(=O)(O)O. The summed E-state index contributed by atoms with van der Waals surface area (Å²) in [6.07, 6.45) is -3.19. The second-order valence-corrected chi connectivity index (χ2v) is 3.86. The molecule has 0 aliphatic carbocycles. The summed E-state index contributed by atoms with van der Waals surface area (Å²) < 4.78 is 130. The lowest BCUT2D eigenvalue weighted by molar-refractivity contribution is 0.369. The van der Waals surface area contributed by atoms with Crippen molar-refractivity contribution in [1.29, 1.82) is 0 Å². The van der Waals surface area contributed by atoms with E-state index in [2.05, 4.69) is 0 Å². The minimum atomic E-state index is -4.67. The molecular formula is C8H2F8O4S. The molecule has 0 bridgehead atoms. The fourth-order valence-corrected chi connectivity index (χ4v) is 0.892. The second-order valence-electron chi connectivity index (χ2n) is 2.97. The van der Waals surface area contributed by atoms with Gasteiger partial charge in [0, 0.05) is 0 Å². The summed E-state index contributed by atoms with van der Waals surface area (Å²) in [5.41, 5.74) is -2.28. The van der Waals surface area contributed by atoms with E-state index in [9.17, 15) is 35.1 Å². The standard InChI is InChI=1S/C8F8.H2O4S/c9-2-1(4(11)8(15)16)3(10)6(13)7(14)5(2)12;1-5(2,3)4/h;(H2,1,2,3,4). The summed E-state index contributed by atoms with van der Waals surface area (Å²) in [6, 6.07) is 0. The molecule has 0 heterocycles. The molecule has 0 spiro atoms. The Labute approximate surface area is 110 Å². The zero-order valence-corrected chi connectivity index (χ0v) is 9.96. The van der Waals surface area contributed by atoms with Crippen molar-refractivity contribution in [2.24, 2.45) is 0 Å². The van der Waals surface area contributed by atoms with E-state index >= 15 is 0 Å². The maximum absolute atomic E-state index is 12.7. The van der Waals surface area contributed by atoms with Gasteiger partial charge in [0.05, 0.1) is 5.56 Å². The van der Waals surface area contributed by atoms with Gasteiger partial charge >= 0.3 is 16.5 Å². The van der Waals surface area contributed by atoms with Gasteiger partial charge in [-0.25, -0.2) is 26.3 Å². The predicted molar refractivity (Wildman–Crippen MR) is 50.7 cm³/mol. The molecule has 0 saturated heterocycles. The number of benzene rings is 1. The van der Waals surface area contributed by atoms with Crippen LogP contribution >= 0.6 is 0 Å². The van der Waals surface area contributed by atoms with Gasteiger partial charge in [-0.15, -0.1) is 0 Å². The fourth-order valence-electron chi connectivity index (χ4n) is 0.892. The van der Waals surface area contributed by atoms with Crippen LogP contribution in [0.3, 0.4) is 0 Å². The highest BCUT2D eigenvalue weighted by molar-refractivity contribution is 7.79. The molecule has 1 rings (SSSR count). The van der Waals surface area contributed by atoms with Crippen LogP contribution in [0.4, 0.5) is 35.1 Å². The maximum Gasteiger partial charge on any atom is 0.394 e. The van der Waals surface area contributed by atoms with Crippen molar-refractivity contribution in [3.05, 3.63) is 40.7 Å². The molecule has 4 nitrogen and oxygen atoms in total. The monoisotopic (exact) mass is 346 g/mol. The molecule has 0 atom stereocenters. The first-order valence-corrected chi connectivity index (χ1v) is 5.61. The highest BCUT2D eigenvalue weighted by Crippen LogP contribution is 2.31. The highest BCUT2D eigenvalue weighted by atomic mass is 32.3. The maximum atomic E-state index is 12.7. The zero-order valence-electron chi connectivity index (χ0n) is 9.14. The van der Waals surface area contributed by atoms with E-state index in [0.717, 1.165) is 0 Å². The van der Waals surface area contributed by atoms with Gasteiger partial charge in [-0.2, -0.15) is 17.2 Å². The summed E-state index contributed by atoms with van der Waals surface area (Å²) in [5.74, 6) is -15.6. The summed E-state index contributed by atoms with van der Waals surface area (Å²) in [7, 11) is -4.67. The summed E-state index contributed by atoms with van der Waals surface area (Å²) in [4.78, 5) is 0. The van der Waals surface area contributed by atoms with Crippen molar-refractivity contribution in [1.82, 2.24) is 0 Å². The lowest BCUT2D eigenvalue weighted by atomic mass is 10.1. The van der Waals surface area contributed by atoms with Crippen molar-refractivity contribution in [3.63, 3.8) is 0 Å². The Kier molecular flexibility index (Phi) is 6.26. The third-order valence-corrected chi connectivity index (χ3v) is 1.60. The molecule has 0 radical (unpaired) electrons. The Hall–Kier alpha value is -1.73. The van der Waals surface area contributed by atoms with Crippen LogP contribution in [-0.2, 0) is 10.4 Å². The first kappa shape index (κ1) is 19.3. The Morgan fingerprint density at radius 3 is 1.19 bits per heavy atom. The average molecular weight is 346 g/mol. The van der Waals surface area contributed by atoms with Gasteiger partial charge in [0.25, 0.3) is 0 Å². The summed E-state index contributed by atoms with van der Waals surface area (Å²) >= 11 is 0. The molecule has 0 saturated carbocycles. The van der Waals surface area contributed by atoms with Crippen LogP contribution in [0.1, 0.15) is 5.56 Å². The lowest BCUT2D eigenvalue weighted by Crippen LogP contribution is -2.05. The smallest absolute Gasteiger partial charge is 0.264 e.